The fourth-order valence-corrected chi connectivity index (χ4v) is 6.46. The van der Waals surface area contributed by atoms with Crippen LogP contribution in [0.25, 0.3) is 20.4 Å². The molecule has 0 bridgehead atoms. The lowest BCUT2D eigenvalue weighted by molar-refractivity contribution is 0.139. The number of fused-ring (bicyclic) bond motifs is 2. The average molecular weight is 438 g/mol. The molecule has 0 spiro atoms. The number of anilines is 2. The number of hydrogen-bond acceptors (Lipinski definition) is 7. The van der Waals surface area contributed by atoms with E-state index in [4.69, 9.17) is 5.73 Å². The molecule has 5 nitrogen and oxygen atoms in total. The smallest absolute Gasteiger partial charge is 0.125 e. The van der Waals surface area contributed by atoms with E-state index >= 15 is 0 Å². The van der Waals surface area contributed by atoms with Crippen LogP contribution in [-0.2, 0) is 0 Å². The summed E-state index contributed by atoms with van der Waals surface area (Å²) in [6.07, 6.45) is 5.48. The van der Waals surface area contributed by atoms with Gasteiger partial charge in [-0.1, -0.05) is 0 Å². The minimum Gasteiger partial charge on any atom is -0.355 e. The number of nitrogens with zero attached hydrogens (tertiary/aromatic N) is 3. The van der Waals surface area contributed by atoms with E-state index in [9.17, 15) is 0 Å². The highest BCUT2D eigenvalue weighted by Gasteiger charge is 2.30. The first kappa shape index (κ1) is 19.9. The SMILES string of the molecule is C[C@H]1[C@H](c2cc3c(Nc4ccc5scnc5c4)ccnc3s2)CCCN1CCCN. The third-order valence-corrected chi connectivity index (χ3v) is 8.18. The first-order chi connectivity index (χ1) is 14.7. The first-order valence-electron chi connectivity index (χ1n) is 10.7. The maximum Gasteiger partial charge on any atom is 0.125 e. The van der Waals surface area contributed by atoms with Gasteiger partial charge in [0.25, 0.3) is 0 Å². The van der Waals surface area contributed by atoms with E-state index in [-0.39, 0.29) is 0 Å². The second kappa shape index (κ2) is 8.59. The van der Waals surface area contributed by atoms with Gasteiger partial charge in [-0.25, -0.2) is 9.97 Å². The summed E-state index contributed by atoms with van der Waals surface area (Å²) < 4.78 is 1.21. The van der Waals surface area contributed by atoms with Crippen molar-refractivity contribution in [2.24, 2.45) is 5.73 Å². The lowest BCUT2D eigenvalue weighted by Gasteiger charge is -2.39. The van der Waals surface area contributed by atoms with Crippen LogP contribution < -0.4 is 11.1 Å². The summed E-state index contributed by atoms with van der Waals surface area (Å²) in [6.45, 7) is 5.43. The van der Waals surface area contributed by atoms with Crippen molar-refractivity contribution >= 4 is 54.5 Å². The molecule has 3 N–H and O–H groups in total. The molecule has 2 atom stereocenters. The largest absolute Gasteiger partial charge is 0.355 e. The highest BCUT2D eigenvalue weighted by molar-refractivity contribution is 7.18. The maximum atomic E-state index is 5.75. The van der Waals surface area contributed by atoms with Gasteiger partial charge in [-0.2, -0.15) is 0 Å². The quantitative estimate of drug-likeness (QED) is 0.413. The van der Waals surface area contributed by atoms with E-state index in [1.54, 1.807) is 11.3 Å². The van der Waals surface area contributed by atoms with Crippen molar-refractivity contribution in [1.29, 1.82) is 0 Å². The molecule has 0 radical (unpaired) electrons. The molecule has 1 aliphatic rings. The maximum absolute atomic E-state index is 5.75. The Labute approximate surface area is 185 Å². The summed E-state index contributed by atoms with van der Waals surface area (Å²) in [5.41, 5.74) is 10.9. The Morgan fingerprint density at radius 1 is 1.23 bits per heavy atom. The molecule has 1 fully saturated rings. The van der Waals surface area contributed by atoms with Gasteiger partial charge in [-0.3, -0.25) is 4.90 Å². The Bertz CT molecular complexity index is 1150. The first-order valence-corrected chi connectivity index (χ1v) is 12.4. The van der Waals surface area contributed by atoms with Crippen molar-refractivity contribution in [3.05, 3.63) is 46.9 Å². The molecular weight excluding hydrogens is 410 g/mol. The number of benzene rings is 1. The van der Waals surface area contributed by atoms with E-state index < -0.39 is 0 Å². The van der Waals surface area contributed by atoms with Crippen molar-refractivity contribution < 1.29 is 0 Å². The van der Waals surface area contributed by atoms with Gasteiger partial charge in [-0.05, 0) is 76.2 Å². The van der Waals surface area contributed by atoms with Crippen LogP contribution in [0.2, 0.25) is 0 Å². The normalized spacial score (nSPS) is 20.2. The predicted molar refractivity (Wildman–Crippen MR) is 129 cm³/mol. The van der Waals surface area contributed by atoms with Crippen molar-refractivity contribution in [2.45, 2.75) is 38.1 Å². The number of thiophene rings is 1. The molecule has 4 heterocycles. The van der Waals surface area contributed by atoms with Gasteiger partial charge in [0.1, 0.15) is 4.83 Å². The Hall–Kier alpha value is -2.06. The van der Waals surface area contributed by atoms with Crippen LogP contribution in [0.1, 0.15) is 37.0 Å². The minimum absolute atomic E-state index is 0.543. The number of likely N-dealkylation sites (tertiary alicyclic amines) is 1. The van der Waals surface area contributed by atoms with Crippen LogP contribution in [0.15, 0.2) is 42.0 Å². The zero-order valence-electron chi connectivity index (χ0n) is 17.2. The third-order valence-electron chi connectivity index (χ3n) is 6.20. The lowest BCUT2D eigenvalue weighted by atomic mass is 9.88. The molecule has 156 valence electrons. The predicted octanol–water partition coefficient (Wildman–Crippen LogP) is 5.57. The minimum atomic E-state index is 0.543. The summed E-state index contributed by atoms with van der Waals surface area (Å²) in [5, 5.41) is 4.81. The summed E-state index contributed by atoms with van der Waals surface area (Å²) in [6, 6.07) is 11.4. The second-order valence-corrected chi connectivity index (χ2v) is 10.0. The van der Waals surface area contributed by atoms with E-state index in [2.05, 4.69) is 57.4 Å². The van der Waals surface area contributed by atoms with Gasteiger partial charge in [0, 0.05) is 34.1 Å². The molecule has 0 aliphatic carbocycles. The van der Waals surface area contributed by atoms with Gasteiger partial charge in [0.2, 0.25) is 0 Å². The molecule has 3 aromatic heterocycles. The molecular formula is C23H27N5S2. The number of nitrogens with two attached hydrogens (primary N) is 1. The van der Waals surface area contributed by atoms with Crippen LogP contribution in [0.3, 0.4) is 0 Å². The summed E-state index contributed by atoms with van der Waals surface area (Å²) >= 11 is 3.52. The number of pyridine rings is 1. The second-order valence-electron chi connectivity index (χ2n) is 8.05. The molecule has 5 rings (SSSR count). The number of rotatable bonds is 6. The molecule has 30 heavy (non-hydrogen) atoms. The molecule has 1 aliphatic heterocycles. The highest BCUT2D eigenvalue weighted by Crippen LogP contribution is 2.40. The van der Waals surface area contributed by atoms with E-state index in [0.717, 1.165) is 41.2 Å². The topological polar surface area (TPSA) is 67.1 Å². The molecule has 7 heteroatoms. The van der Waals surface area contributed by atoms with Crippen molar-refractivity contribution in [1.82, 2.24) is 14.9 Å². The van der Waals surface area contributed by atoms with E-state index in [1.807, 2.05) is 23.0 Å². The Morgan fingerprint density at radius 2 is 2.17 bits per heavy atom. The summed E-state index contributed by atoms with van der Waals surface area (Å²) in [5.74, 6) is 0.565. The molecule has 1 aromatic carbocycles. The number of piperidine rings is 1. The van der Waals surface area contributed by atoms with Gasteiger partial charge < -0.3 is 11.1 Å². The molecule has 4 aromatic rings. The molecule has 0 saturated carbocycles. The monoisotopic (exact) mass is 437 g/mol. The van der Waals surface area contributed by atoms with E-state index in [1.165, 1.54) is 34.3 Å². The average Bonchev–Trinajstić information content (AvgIpc) is 3.40. The molecule has 0 amide bonds. The van der Waals surface area contributed by atoms with Crippen molar-refractivity contribution in [2.75, 3.05) is 25.0 Å². The van der Waals surface area contributed by atoms with Crippen LogP contribution in [-0.4, -0.2) is 40.5 Å². The Morgan fingerprint density at radius 3 is 3.07 bits per heavy atom. The van der Waals surface area contributed by atoms with Crippen LogP contribution in [0.4, 0.5) is 11.4 Å². The summed E-state index contributed by atoms with van der Waals surface area (Å²) in [4.78, 5) is 14.3. The van der Waals surface area contributed by atoms with Gasteiger partial charge in [-0.15, -0.1) is 22.7 Å². The van der Waals surface area contributed by atoms with E-state index in [0.29, 0.717) is 12.0 Å². The number of thiazole rings is 1. The Balaban J connectivity index is 1.43. The summed E-state index contributed by atoms with van der Waals surface area (Å²) in [7, 11) is 0. The number of nitrogens with one attached hydrogen (secondary N) is 1. The van der Waals surface area contributed by atoms with Crippen LogP contribution in [0, 0.1) is 0 Å². The number of hydrogen-bond donors (Lipinski definition) is 2. The van der Waals surface area contributed by atoms with Crippen LogP contribution >= 0.6 is 22.7 Å². The zero-order valence-corrected chi connectivity index (χ0v) is 18.8. The number of aromatic nitrogens is 2. The molecule has 0 unspecified atom stereocenters. The zero-order chi connectivity index (χ0) is 20.5. The standard InChI is InChI=1S/C23H27N5S2/c1-15-17(4-2-10-28(15)11-3-8-24)22-13-18-19(7-9-25-23(18)30-22)27-16-5-6-21-20(12-16)26-14-29-21/h5-7,9,12-15,17H,2-4,8,10-11,24H2,1H3,(H,25,27)/t15-,17+/m0/s1. The van der Waals surface area contributed by atoms with Gasteiger partial charge >= 0.3 is 0 Å². The lowest BCUT2D eigenvalue weighted by Crippen LogP contribution is -2.42. The van der Waals surface area contributed by atoms with Gasteiger partial charge in [0.05, 0.1) is 21.4 Å². The fraction of sp³-hybridized carbons (Fsp3) is 0.391. The van der Waals surface area contributed by atoms with Crippen molar-refractivity contribution in [3.8, 4) is 0 Å². The highest BCUT2D eigenvalue weighted by atomic mass is 32.1. The Kier molecular flexibility index (Phi) is 5.69. The fourth-order valence-electron chi connectivity index (χ4n) is 4.54. The third kappa shape index (κ3) is 3.83. The van der Waals surface area contributed by atoms with Crippen molar-refractivity contribution in [3.63, 3.8) is 0 Å². The molecule has 1 saturated heterocycles. The van der Waals surface area contributed by atoms with Gasteiger partial charge in [0.15, 0.2) is 0 Å². The van der Waals surface area contributed by atoms with Crippen LogP contribution in [0.5, 0.6) is 0 Å².